The Labute approximate surface area is 152 Å². The molecule has 0 aliphatic carbocycles. The van der Waals surface area contributed by atoms with Crippen molar-refractivity contribution in [1.82, 2.24) is 0 Å². The Hall–Kier alpha value is -2.54. The molecule has 0 bridgehead atoms. The normalized spacial score (nSPS) is 11.5. The van der Waals surface area contributed by atoms with Gasteiger partial charge in [0.1, 0.15) is 5.82 Å². The molecule has 2 aromatic rings. The van der Waals surface area contributed by atoms with Gasteiger partial charge in [0.2, 0.25) is 0 Å². The number of amides is 1. The number of ketones is 1. The molecule has 0 unspecified atom stereocenters. The van der Waals surface area contributed by atoms with Crippen molar-refractivity contribution in [1.29, 1.82) is 0 Å². The zero-order valence-electron chi connectivity index (χ0n) is 13.5. The van der Waals surface area contributed by atoms with E-state index in [-0.39, 0.29) is 11.3 Å². The van der Waals surface area contributed by atoms with E-state index in [1.54, 1.807) is 24.3 Å². The zero-order valence-corrected chi connectivity index (χ0v) is 15.1. The van der Waals surface area contributed by atoms with Crippen LogP contribution in [0.1, 0.15) is 34.6 Å². The van der Waals surface area contributed by atoms with Crippen molar-refractivity contribution >= 4 is 39.3 Å². The first-order valence-electron chi connectivity index (χ1n) is 7.36. The van der Waals surface area contributed by atoms with E-state index in [2.05, 4.69) is 21.2 Å². The van der Waals surface area contributed by atoms with Crippen molar-refractivity contribution in [2.75, 3.05) is 5.32 Å². The number of anilines is 1. The lowest BCUT2D eigenvalue weighted by molar-refractivity contribution is -0.123. The SMILES string of the molecule is CC(=O)c1ccccc1NC(=O)[C@H](C)OC(=O)c1cc(Br)ccc1F. The van der Waals surface area contributed by atoms with Crippen molar-refractivity contribution < 1.29 is 23.5 Å². The first kappa shape index (κ1) is 18.8. The minimum atomic E-state index is -1.18. The summed E-state index contributed by atoms with van der Waals surface area (Å²) in [5.41, 5.74) is 0.377. The molecule has 2 aromatic carbocycles. The summed E-state index contributed by atoms with van der Waals surface area (Å²) in [4.78, 5) is 35.8. The molecule has 7 heteroatoms. The van der Waals surface area contributed by atoms with Gasteiger partial charge in [-0.3, -0.25) is 9.59 Å². The second kappa shape index (κ2) is 8.02. The monoisotopic (exact) mass is 407 g/mol. The number of rotatable bonds is 5. The average Bonchev–Trinajstić information content (AvgIpc) is 2.57. The summed E-state index contributed by atoms with van der Waals surface area (Å²) in [5, 5.41) is 2.53. The number of carbonyl (C=O) groups is 3. The van der Waals surface area contributed by atoms with Crippen molar-refractivity contribution in [2.45, 2.75) is 20.0 Å². The second-order valence-corrected chi connectivity index (χ2v) is 6.18. The van der Waals surface area contributed by atoms with Crippen molar-refractivity contribution in [2.24, 2.45) is 0 Å². The Morgan fingerprint density at radius 2 is 1.80 bits per heavy atom. The lowest BCUT2D eigenvalue weighted by Gasteiger charge is -2.15. The van der Waals surface area contributed by atoms with Crippen LogP contribution in [0.4, 0.5) is 10.1 Å². The van der Waals surface area contributed by atoms with Gasteiger partial charge < -0.3 is 10.1 Å². The molecule has 1 N–H and O–H groups in total. The first-order valence-corrected chi connectivity index (χ1v) is 8.15. The number of carbonyl (C=O) groups excluding carboxylic acids is 3. The van der Waals surface area contributed by atoms with E-state index in [9.17, 15) is 18.8 Å². The molecule has 1 atom stereocenters. The predicted octanol–water partition coefficient (Wildman–Crippen LogP) is 3.97. The minimum Gasteiger partial charge on any atom is -0.449 e. The summed E-state index contributed by atoms with van der Waals surface area (Å²) >= 11 is 3.14. The van der Waals surface area contributed by atoms with Crippen LogP contribution in [0.3, 0.4) is 0 Å². The Bertz CT molecular complexity index is 838. The van der Waals surface area contributed by atoms with Gasteiger partial charge in [-0.2, -0.15) is 0 Å². The maximum absolute atomic E-state index is 13.7. The zero-order chi connectivity index (χ0) is 18.6. The fourth-order valence-corrected chi connectivity index (χ4v) is 2.43. The standard InChI is InChI=1S/C18H15BrFNO4/c1-10(22)13-5-3-4-6-16(13)21-17(23)11(2)25-18(24)14-9-12(19)7-8-15(14)20/h3-9,11H,1-2H3,(H,21,23)/t11-/m0/s1. The van der Waals surface area contributed by atoms with Crippen LogP contribution >= 0.6 is 15.9 Å². The highest BCUT2D eigenvalue weighted by atomic mass is 79.9. The van der Waals surface area contributed by atoms with Crippen LogP contribution in [0.25, 0.3) is 0 Å². The maximum atomic E-state index is 13.7. The second-order valence-electron chi connectivity index (χ2n) is 5.26. The number of benzene rings is 2. The van der Waals surface area contributed by atoms with E-state index in [4.69, 9.17) is 4.74 Å². The fraction of sp³-hybridized carbons (Fsp3) is 0.167. The molecule has 0 fully saturated rings. The van der Waals surface area contributed by atoms with Crippen molar-refractivity contribution in [3.8, 4) is 0 Å². The van der Waals surface area contributed by atoms with E-state index >= 15 is 0 Å². The van der Waals surface area contributed by atoms with Gasteiger partial charge in [-0.05, 0) is 44.2 Å². The first-order chi connectivity index (χ1) is 11.8. The average molecular weight is 408 g/mol. The van der Waals surface area contributed by atoms with Crippen LogP contribution in [-0.4, -0.2) is 23.8 Å². The third-order valence-corrected chi connectivity index (χ3v) is 3.86. The highest BCUT2D eigenvalue weighted by molar-refractivity contribution is 9.10. The molecule has 5 nitrogen and oxygen atoms in total. The highest BCUT2D eigenvalue weighted by Crippen LogP contribution is 2.18. The van der Waals surface area contributed by atoms with Crippen LogP contribution in [0.2, 0.25) is 0 Å². The number of esters is 1. The molecule has 0 radical (unpaired) electrons. The van der Waals surface area contributed by atoms with Gasteiger partial charge in [0, 0.05) is 10.0 Å². The molecule has 0 aliphatic rings. The smallest absolute Gasteiger partial charge is 0.341 e. The summed E-state index contributed by atoms with van der Waals surface area (Å²) in [5.74, 6) is -2.54. The molecule has 0 saturated carbocycles. The molecule has 0 aliphatic heterocycles. The summed E-state index contributed by atoms with van der Waals surface area (Å²) in [6.45, 7) is 2.74. The quantitative estimate of drug-likeness (QED) is 0.600. The van der Waals surface area contributed by atoms with E-state index in [1.165, 1.54) is 26.0 Å². The molecule has 2 rings (SSSR count). The number of nitrogens with one attached hydrogen (secondary N) is 1. The summed E-state index contributed by atoms with van der Waals surface area (Å²) < 4.78 is 19.2. The number of halogens is 2. The van der Waals surface area contributed by atoms with Gasteiger partial charge in [0.15, 0.2) is 11.9 Å². The molecule has 1 amide bonds. The van der Waals surface area contributed by atoms with E-state index in [0.717, 1.165) is 6.07 Å². The Balaban J connectivity index is 2.09. The van der Waals surface area contributed by atoms with Crippen molar-refractivity contribution in [3.05, 3.63) is 63.9 Å². The summed E-state index contributed by atoms with van der Waals surface area (Å²) in [6, 6.07) is 10.3. The largest absolute Gasteiger partial charge is 0.449 e. The number of para-hydroxylation sites is 1. The Morgan fingerprint density at radius 1 is 1.12 bits per heavy atom. The molecule has 0 spiro atoms. The topological polar surface area (TPSA) is 72.5 Å². The summed E-state index contributed by atoms with van der Waals surface area (Å²) in [7, 11) is 0. The summed E-state index contributed by atoms with van der Waals surface area (Å²) in [6.07, 6.45) is -1.18. The van der Waals surface area contributed by atoms with Crippen LogP contribution < -0.4 is 5.32 Å². The van der Waals surface area contributed by atoms with Gasteiger partial charge in [0.05, 0.1) is 11.3 Å². The van der Waals surface area contributed by atoms with Crippen molar-refractivity contribution in [3.63, 3.8) is 0 Å². The number of Topliss-reactive ketones (excluding diaryl/α,β-unsaturated/α-hetero) is 1. The van der Waals surface area contributed by atoms with Gasteiger partial charge in [-0.15, -0.1) is 0 Å². The molecule has 25 heavy (non-hydrogen) atoms. The van der Waals surface area contributed by atoms with Crippen LogP contribution in [-0.2, 0) is 9.53 Å². The van der Waals surface area contributed by atoms with E-state index < -0.39 is 23.8 Å². The lowest BCUT2D eigenvalue weighted by atomic mass is 10.1. The van der Waals surface area contributed by atoms with E-state index in [0.29, 0.717) is 15.7 Å². The lowest BCUT2D eigenvalue weighted by Crippen LogP contribution is -2.30. The third-order valence-electron chi connectivity index (χ3n) is 3.37. The van der Waals surface area contributed by atoms with Gasteiger partial charge in [-0.1, -0.05) is 28.1 Å². The number of hydrogen-bond acceptors (Lipinski definition) is 4. The molecule has 0 aromatic heterocycles. The van der Waals surface area contributed by atoms with E-state index in [1.807, 2.05) is 0 Å². The van der Waals surface area contributed by atoms with Crippen LogP contribution in [0.5, 0.6) is 0 Å². The molecular weight excluding hydrogens is 393 g/mol. The highest BCUT2D eigenvalue weighted by Gasteiger charge is 2.22. The van der Waals surface area contributed by atoms with Crippen LogP contribution in [0, 0.1) is 5.82 Å². The third kappa shape index (κ3) is 4.73. The van der Waals surface area contributed by atoms with Gasteiger partial charge in [-0.25, -0.2) is 9.18 Å². The fourth-order valence-electron chi connectivity index (χ4n) is 2.06. The number of ether oxygens (including phenoxy) is 1. The molecular formula is C18H15BrFNO4. The minimum absolute atomic E-state index is 0.211. The maximum Gasteiger partial charge on any atom is 0.341 e. The molecule has 0 heterocycles. The predicted molar refractivity (Wildman–Crippen MR) is 94.1 cm³/mol. The van der Waals surface area contributed by atoms with Gasteiger partial charge >= 0.3 is 5.97 Å². The Morgan fingerprint density at radius 3 is 2.48 bits per heavy atom. The molecule has 130 valence electrons. The van der Waals surface area contributed by atoms with Crippen LogP contribution in [0.15, 0.2) is 46.9 Å². The number of hydrogen-bond donors (Lipinski definition) is 1. The van der Waals surface area contributed by atoms with Gasteiger partial charge in [0.25, 0.3) is 5.91 Å². The Kier molecular flexibility index (Phi) is 6.03. The molecule has 0 saturated heterocycles.